The number of ether oxygens (including phenoxy) is 3. The molecule has 0 heterocycles. The third-order valence-electron chi connectivity index (χ3n) is 7.77. The minimum absolute atomic E-state index is 0.125. The predicted molar refractivity (Wildman–Crippen MR) is 171 cm³/mol. The van der Waals surface area contributed by atoms with Gasteiger partial charge in [-0.2, -0.15) is 0 Å². The van der Waals surface area contributed by atoms with E-state index >= 15 is 0 Å². The van der Waals surface area contributed by atoms with Crippen molar-refractivity contribution in [3.8, 4) is 17.2 Å². The maximum atomic E-state index is 14.4. The summed E-state index contributed by atoms with van der Waals surface area (Å²) in [6.45, 7) is 5.12. The summed E-state index contributed by atoms with van der Waals surface area (Å²) in [5.41, 5.74) is 2.32. The van der Waals surface area contributed by atoms with Crippen LogP contribution in [0.4, 0.5) is 4.39 Å². The molecule has 1 aliphatic rings. The van der Waals surface area contributed by atoms with E-state index in [9.17, 15) is 8.96 Å². The molecule has 1 atom stereocenters. The zero-order chi connectivity index (χ0) is 30.2. The monoisotopic (exact) mass is 611 g/mol. The fourth-order valence-electron chi connectivity index (χ4n) is 5.17. The van der Waals surface area contributed by atoms with Crippen molar-refractivity contribution < 1.29 is 27.7 Å². The summed E-state index contributed by atoms with van der Waals surface area (Å²) in [4.78, 5) is 0. The largest absolute Gasteiger partial charge is 0.493 e. The summed E-state index contributed by atoms with van der Waals surface area (Å²) in [5.74, 6) is 1.01. The van der Waals surface area contributed by atoms with E-state index in [2.05, 4.69) is 24.4 Å². The molecule has 1 fully saturated rings. The lowest BCUT2D eigenvalue weighted by atomic mass is 10.0. The highest BCUT2D eigenvalue weighted by Crippen LogP contribution is 2.56. The first-order valence-corrected chi connectivity index (χ1v) is 17.7. The molecule has 3 aromatic carbocycles. The van der Waals surface area contributed by atoms with E-state index < -0.39 is 13.2 Å². The molecule has 4 rings (SSSR count). The van der Waals surface area contributed by atoms with Crippen molar-refractivity contribution in [2.75, 3.05) is 32.7 Å². The Balaban J connectivity index is 1.10. The average Bonchev–Trinajstić information content (AvgIpc) is 3.04. The molecule has 43 heavy (non-hydrogen) atoms. The van der Waals surface area contributed by atoms with E-state index in [0.29, 0.717) is 25.6 Å². The molecule has 8 heteroatoms. The van der Waals surface area contributed by atoms with Gasteiger partial charge >= 0.3 is 0 Å². The maximum absolute atomic E-state index is 14.4. The van der Waals surface area contributed by atoms with Gasteiger partial charge in [0.05, 0.1) is 13.2 Å². The van der Waals surface area contributed by atoms with Crippen molar-refractivity contribution >= 4 is 7.37 Å². The molecule has 0 saturated heterocycles. The Kier molecular flexibility index (Phi) is 13.9. The molecule has 1 aliphatic carbocycles. The van der Waals surface area contributed by atoms with Gasteiger partial charge in [0.1, 0.15) is 18.1 Å². The van der Waals surface area contributed by atoms with Crippen LogP contribution in [-0.2, 0) is 22.1 Å². The summed E-state index contributed by atoms with van der Waals surface area (Å²) < 4.78 is 51.4. The van der Waals surface area contributed by atoms with E-state index in [1.165, 1.54) is 18.1 Å². The van der Waals surface area contributed by atoms with Crippen LogP contribution in [0.3, 0.4) is 0 Å². The minimum Gasteiger partial charge on any atom is -0.493 e. The summed E-state index contributed by atoms with van der Waals surface area (Å²) in [7, 11) is -2.84. The van der Waals surface area contributed by atoms with Crippen molar-refractivity contribution in [3.05, 3.63) is 89.7 Å². The second-order valence-corrected chi connectivity index (χ2v) is 13.9. The number of nitrogens with one attached hydrogen (secondary N) is 1. The molecule has 0 amide bonds. The lowest BCUT2D eigenvalue weighted by Gasteiger charge is -2.30. The molecule has 0 bridgehead atoms. The number of hydrogen-bond donors (Lipinski definition) is 1. The number of halogens is 1. The Morgan fingerprint density at radius 1 is 0.814 bits per heavy atom. The zero-order valence-electron chi connectivity index (χ0n) is 25.5. The van der Waals surface area contributed by atoms with Gasteiger partial charge < -0.3 is 24.1 Å². The Labute approximate surface area is 256 Å². The van der Waals surface area contributed by atoms with Gasteiger partial charge in [0.2, 0.25) is 7.37 Å². The van der Waals surface area contributed by atoms with Gasteiger partial charge in [0, 0.05) is 11.7 Å². The van der Waals surface area contributed by atoms with Crippen LogP contribution in [0.1, 0.15) is 69.4 Å². The van der Waals surface area contributed by atoms with Crippen molar-refractivity contribution in [2.45, 2.75) is 77.0 Å². The van der Waals surface area contributed by atoms with E-state index in [1.807, 2.05) is 42.5 Å². The number of unbranched alkanes of at least 4 members (excludes halogenated alkanes) is 1. The fraction of sp³-hybridized carbons (Fsp3) is 0.486. The van der Waals surface area contributed by atoms with E-state index in [4.69, 9.17) is 18.7 Å². The Hall–Kier alpha value is -2.86. The van der Waals surface area contributed by atoms with Gasteiger partial charge in [-0.1, -0.05) is 75.1 Å². The highest BCUT2D eigenvalue weighted by Gasteiger charge is 2.36. The van der Waals surface area contributed by atoms with Crippen molar-refractivity contribution in [2.24, 2.45) is 0 Å². The van der Waals surface area contributed by atoms with E-state index in [-0.39, 0.29) is 17.8 Å². The number of rotatable bonds is 19. The van der Waals surface area contributed by atoms with Crippen LogP contribution in [-0.4, -0.2) is 38.3 Å². The van der Waals surface area contributed by atoms with Gasteiger partial charge in [0.25, 0.3) is 0 Å². The quantitative estimate of drug-likeness (QED) is 0.108. The molecule has 6 nitrogen and oxygen atoms in total. The first-order chi connectivity index (χ1) is 21.1. The Morgan fingerprint density at radius 2 is 1.58 bits per heavy atom. The molecule has 1 unspecified atom stereocenters. The summed E-state index contributed by atoms with van der Waals surface area (Å²) in [5, 5.41) is 3.43. The second-order valence-electron chi connectivity index (χ2n) is 11.2. The maximum Gasteiger partial charge on any atom is 0.242 e. The Bertz CT molecular complexity index is 1250. The standard InChI is InChI=1S/C35H47FNO5P/c1-2-3-25-42-43(38,33-13-8-5-9-14-33)28-41-31-17-15-29(16-18-31)21-23-37-22-10-24-39-32-19-20-35(34(36)26-32)40-27-30-11-6-4-7-12-30/h4,6-7,11-12,15-20,26,33,37H,2-3,5,8-10,13-14,21-25,27-28H2,1H3. The average molecular weight is 612 g/mol. The molecule has 1 N–H and O–H groups in total. The van der Waals surface area contributed by atoms with Gasteiger partial charge in [-0.05, 0) is 80.6 Å². The lowest BCUT2D eigenvalue weighted by molar-refractivity contribution is 0.263. The summed E-state index contributed by atoms with van der Waals surface area (Å²) in [6, 6.07) is 22.4. The van der Waals surface area contributed by atoms with Crippen molar-refractivity contribution in [1.29, 1.82) is 0 Å². The zero-order valence-corrected chi connectivity index (χ0v) is 26.4. The molecular weight excluding hydrogens is 564 g/mol. The van der Waals surface area contributed by atoms with Gasteiger partial charge in [-0.25, -0.2) is 4.39 Å². The fourth-order valence-corrected chi connectivity index (χ4v) is 7.59. The van der Waals surface area contributed by atoms with Crippen LogP contribution in [0.5, 0.6) is 17.2 Å². The van der Waals surface area contributed by atoms with Crippen LogP contribution in [0.2, 0.25) is 0 Å². The second kappa shape index (κ2) is 18.1. The van der Waals surface area contributed by atoms with Crippen molar-refractivity contribution in [3.63, 3.8) is 0 Å². The van der Waals surface area contributed by atoms with Gasteiger partial charge in [0.15, 0.2) is 17.9 Å². The molecular formula is C35H47FNO5P. The first-order valence-electron chi connectivity index (χ1n) is 15.8. The van der Waals surface area contributed by atoms with Gasteiger partial charge in [-0.15, -0.1) is 0 Å². The normalized spacial score (nSPS) is 15.1. The molecule has 1 saturated carbocycles. The number of benzene rings is 3. The smallest absolute Gasteiger partial charge is 0.242 e. The molecule has 0 aliphatic heterocycles. The van der Waals surface area contributed by atoms with E-state index in [0.717, 1.165) is 75.8 Å². The Morgan fingerprint density at radius 3 is 2.33 bits per heavy atom. The van der Waals surface area contributed by atoms with Crippen LogP contribution in [0.15, 0.2) is 72.8 Å². The van der Waals surface area contributed by atoms with E-state index in [1.54, 1.807) is 12.1 Å². The third kappa shape index (κ3) is 11.3. The van der Waals surface area contributed by atoms with Crippen LogP contribution < -0.4 is 19.5 Å². The molecule has 0 spiro atoms. The minimum atomic E-state index is -2.84. The van der Waals surface area contributed by atoms with Crippen LogP contribution >= 0.6 is 7.37 Å². The molecule has 234 valence electrons. The van der Waals surface area contributed by atoms with Crippen LogP contribution in [0, 0.1) is 5.82 Å². The summed E-state index contributed by atoms with van der Waals surface area (Å²) >= 11 is 0. The highest BCUT2D eigenvalue weighted by molar-refractivity contribution is 7.59. The SMILES string of the molecule is CCCCOP(=O)(COc1ccc(CCNCCCOc2ccc(OCc3ccccc3)c(F)c2)cc1)C1CCCCC1. The van der Waals surface area contributed by atoms with Crippen LogP contribution in [0.25, 0.3) is 0 Å². The third-order valence-corrected chi connectivity index (χ3v) is 10.5. The molecule has 0 radical (unpaired) electrons. The molecule has 0 aromatic heterocycles. The first kappa shape index (κ1) is 33.0. The summed E-state index contributed by atoms with van der Waals surface area (Å²) in [6.07, 6.45) is 9.22. The predicted octanol–water partition coefficient (Wildman–Crippen LogP) is 8.77. The highest BCUT2D eigenvalue weighted by atomic mass is 31.2. The topological polar surface area (TPSA) is 66.0 Å². The lowest BCUT2D eigenvalue weighted by Crippen LogP contribution is -2.20. The number of hydrogen-bond acceptors (Lipinski definition) is 6. The van der Waals surface area contributed by atoms with Crippen molar-refractivity contribution in [1.82, 2.24) is 5.32 Å². The van der Waals surface area contributed by atoms with Gasteiger partial charge in [-0.3, -0.25) is 4.57 Å². The molecule has 3 aromatic rings.